The summed E-state index contributed by atoms with van der Waals surface area (Å²) in [5.74, 6) is 2.78. The van der Waals surface area contributed by atoms with Crippen molar-refractivity contribution >= 4 is 58.9 Å². The van der Waals surface area contributed by atoms with Crippen LogP contribution < -0.4 is 75.2 Å². The lowest BCUT2D eigenvalue weighted by Gasteiger charge is -2.35. The first-order valence-corrected chi connectivity index (χ1v) is 28.5. The molecule has 8 heterocycles. The molecule has 6 saturated heterocycles. The van der Waals surface area contributed by atoms with Crippen LogP contribution in [0.1, 0.15) is 65.2 Å². The molecule has 0 radical (unpaired) electrons. The maximum atomic E-state index is 14.3. The standard InChI is InChI=1S/2C27H40FN9O2.2ClH/c2*1-3-35-12-6-7-21(35)18-29-25-31-26(30-20-8-9-23(39-2)22(28)17-20)33-27(32-25)37-15-13-34(14-16-37)19-24(38)36-10-4-5-11-36;;/h2*8-9,17,21H,3-7,10-16,18-19H2,1-2H3,(H2,29,30,31,32,33);2*1H. The van der Waals surface area contributed by atoms with Gasteiger partial charge in [0, 0.05) is 101 Å². The number of carbonyl (C=O) groups is 2. The van der Waals surface area contributed by atoms with Crippen molar-refractivity contribution in [2.24, 2.45) is 0 Å². The number of benzene rings is 2. The van der Waals surface area contributed by atoms with Gasteiger partial charge in [0.1, 0.15) is 6.04 Å². The third-order valence-corrected chi connectivity index (χ3v) is 16.1. The van der Waals surface area contributed by atoms with E-state index in [9.17, 15) is 18.4 Å². The number of nitrogens with zero attached hydrogens (tertiary/aromatic N) is 12. The molecule has 26 heteroatoms. The Labute approximate surface area is 481 Å². The maximum Gasteiger partial charge on any atom is 0.277 e. The highest BCUT2D eigenvalue weighted by atomic mass is 35.5. The predicted octanol–water partition coefficient (Wildman–Crippen LogP) is -4.02. The first kappa shape index (κ1) is 61.7. The first-order valence-electron chi connectivity index (χ1n) is 28.5. The van der Waals surface area contributed by atoms with Gasteiger partial charge in [0.15, 0.2) is 29.7 Å². The van der Waals surface area contributed by atoms with E-state index in [1.165, 1.54) is 57.1 Å². The van der Waals surface area contributed by atoms with E-state index in [-0.39, 0.29) is 48.1 Å². The molecule has 6 aliphatic rings. The summed E-state index contributed by atoms with van der Waals surface area (Å²) in [6.45, 7) is 21.1. The summed E-state index contributed by atoms with van der Waals surface area (Å²) < 4.78 is 38.7. The van der Waals surface area contributed by atoms with Crippen LogP contribution in [0.2, 0.25) is 0 Å². The number of carbonyl (C=O) groups excluding carboxylic acids is 2. The fourth-order valence-corrected chi connectivity index (χ4v) is 11.5. The molecule has 0 spiro atoms. The molecule has 0 aliphatic carbocycles. The molecule has 80 heavy (non-hydrogen) atoms. The van der Waals surface area contributed by atoms with Crippen LogP contribution in [0.3, 0.4) is 0 Å². The van der Waals surface area contributed by atoms with Crippen molar-refractivity contribution in [3.8, 4) is 11.5 Å². The second-order valence-electron chi connectivity index (χ2n) is 21.2. The Morgan fingerprint density at radius 3 is 1.65 bits per heavy atom. The van der Waals surface area contributed by atoms with E-state index in [1.807, 2.05) is 9.80 Å². The van der Waals surface area contributed by atoms with Crippen molar-refractivity contribution in [2.45, 2.75) is 77.3 Å². The summed E-state index contributed by atoms with van der Waals surface area (Å²) in [6, 6.07) is 10.3. The highest BCUT2D eigenvalue weighted by molar-refractivity contribution is 5.78. The minimum atomic E-state index is -0.462. The van der Waals surface area contributed by atoms with Crippen molar-refractivity contribution in [1.82, 2.24) is 49.5 Å². The van der Waals surface area contributed by atoms with E-state index in [1.54, 1.807) is 29.2 Å². The molecule has 6 fully saturated rings. The Morgan fingerprint density at radius 2 is 1.12 bits per heavy atom. The fourth-order valence-electron chi connectivity index (χ4n) is 11.5. The molecule has 22 nitrogen and oxygen atoms in total. The summed E-state index contributed by atoms with van der Waals surface area (Å²) in [5, 5.41) is 13.2. The molecule has 6 aliphatic heterocycles. The van der Waals surface area contributed by atoms with Gasteiger partial charge in [0.2, 0.25) is 41.6 Å². The summed E-state index contributed by atoms with van der Waals surface area (Å²) in [4.78, 5) is 69.1. The Hall–Kier alpha value is -5.92. The predicted molar refractivity (Wildman–Crippen MR) is 297 cm³/mol. The van der Waals surface area contributed by atoms with Crippen molar-refractivity contribution in [3.63, 3.8) is 0 Å². The van der Waals surface area contributed by atoms with Gasteiger partial charge in [-0.15, -0.1) is 0 Å². The zero-order chi connectivity index (χ0) is 54.4. The quantitative estimate of drug-likeness (QED) is 0.0499. The van der Waals surface area contributed by atoms with Crippen LogP contribution in [0.25, 0.3) is 0 Å². The Bertz CT molecular complexity index is 2430. The maximum absolute atomic E-state index is 14.3. The normalized spacial score (nSPS) is 20.6. The number of piperazine rings is 2. The number of anilines is 8. The molecule has 6 N–H and O–H groups in total. The molecule has 3 unspecified atom stereocenters. The van der Waals surface area contributed by atoms with E-state index in [2.05, 4.69) is 69.7 Å². The second kappa shape index (κ2) is 30.2. The van der Waals surface area contributed by atoms with Gasteiger partial charge in [0.25, 0.3) is 5.91 Å². The van der Waals surface area contributed by atoms with Crippen LogP contribution in [0, 0.1) is 11.6 Å². The van der Waals surface area contributed by atoms with Gasteiger partial charge in [-0.05, 0) is 82.8 Å². The number of ether oxygens (including phenoxy) is 2. The number of quaternary nitrogens is 2. The molecule has 2 amide bonds. The largest absolute Gasteiger partial charge is 1.00 e. The number of likely N-dealkylation sites (N-methyl/N-ethyl adjacent to an activating group) is 2. The third kappa shape index (κ3) is 16.6. The molecule has 2 aromatic carbocycles. The lowest BCUT2D eigenvalue weighted by atomic mass is 10.2. The minimum absolute atomic E-state index is 0. The van der Waals surface area contributed by atoms with E-state index in [0.29, 0.717) is 85.3 Å². The van der Waals surface area contributed by atoms with E-state index in [4.69, 9.17) is 24.4 Å². The molecule has 0 saturated carbocycles. The fraction of sp³-hybridized carbons (Fsp3) is 0.630. The van der Waals surface area contributed by atoms with Gasteiger partial charge >= 0.3 is 0 Å². The summed E-state index contributed by atoms with van der Waals surface area (Å²) in [5.41, 5.74) is 1.05. The van der Waals surface area contributed by atoms with Crippen LogP contribution in [-0.4, -0.2) is 219 Å². The summed E-state index contributed by atoms with van der Waals surface area (Å²) in [7, 11) is 2.88. The van der Waals surface area contributed by atoms with Gasteiger partial charge in [-0.2, -0.15) is 29.9 Å². The van der Waals surface area contributed by atoms with Crippen molar-refractivity contribution < 1.29 is 62.5 Å². The Balaban J connectivity index is 0.000000225. The van der Waals surface area contributed by atoms with Crippen molar-refractivity contribution in [3.05, 3.63) is 48.0 Å². The average molecular weight is 1160 g/mol. The molecule has 440 valence electrons. The topological polar surface area (TPSA) is 206 Å². The Morgan fingerprint density at radius 1 is 0.600 bits per heavy atom. The SMILES string of the molecule is CCN1CCCC1CNc1nc(Nc2ccc(OC)c(F)c2)nc(N2CCN(CC(=O)N3CCCC3)CC2)n1.CC[NH+]1CCCC1CNc1nc(Nc2ccc(OC)c(F)c2)nc(N2CC[NH+](CC(=O)N3CCCC3)CC2)n1.[Cl-].[Cl-]. The van der Waals surface area contributed by atoms with Gasteiger partial charge < -0.3 is 85.0 Å². The number of rotatable bonds is 20. The smallest absolute Gasteiger partial charge is 0.277 e. The molecule has 10 rings (SSSR count). The number of hydrogen-bond donors (Lipinski definition) is 6. The molecular formula is C54H82Cl2F2N18O4. The van der Waals surface area contributed by atoms with Crippen LogP contribution in [0.4, 0.5) is 55.8 Å². The van der Waals surface area contributed by atoms with Gasteiger partial charge in [-0.3, -0.25) is 19.4 Å². The number of amides is 2. The highest BCUT2D eigenvalue weighted by Crippen LogP contribution is 2.27. The van der Waals surface area contributed by atoms with Crippen LogP contribution >= 0.6 is 0 Å². The molecule has 3 atom stereocenters. The molecule has 4 aromatic rings. The first-order chi connectivity index (χ1) is 38.0. The summed E-state index contributed by atoms with van der Waals surface area (Å²) >= 11 is 0. The molecular weight excluding hydrogens is 1070 g/mol. The van der Waals surface area contributed by atoms with Gasteiger partial charge in [-0.25, -0.2) is 8.78 Å². The lowest BCUT2D eigenvalue weighted by molar-refractivity contribution is -0.908. The van der Waals surface area contributed by atoms with E-state index in [0.717, 1.165) is 130 Å². The zero-order valence-corrected chi connectivity index (χ0v) is 48.4. The molecule has 2 aromatic heterocycles. The number of likely N-dealkylation sites (tertiary alicyclic amines) is 4. The van der Waals surface area contributed by atoms with E-state index < -0.39 is 11.6 Å². The van der Waals surface area contributed by atoms with Gasteiger partial charge in [0.05, 0.1) is 66.6 Å². The van der Waals surface area contributed by atoms with E-state index >= 15 is 0 Å². The van der Waals surface area contributed by atoms with Crippen LogP contribution in [-0.2, 0) is 9.59 Å². The average Bonchev–Trinajstić information content (AvgIpc) is 4.34. The third-order valence-electron chi connectivity index (χ3n) is 16.1. The zero-order valence-electron chi connectivity index (χ0n) is 46.9. The van der Waals surface area contributed by atoms with Crippen molar-refractivity contribution in [1.29, 1.82) is 0 Å². The molecule has 0 bridgehead atoms. The second-order valence-corrected chi connectivity index (χ2v) is 21.2. The van der Waals surface area contributed by atoms with Crippen LogP contribution in [0.5, 0.6) is 11.5 Å². The number of methoxy groups -OCH3 is 2. The number of hydrogen-bond acceptors (Lipinski definition) is 18. The monoisotopic (exact) mass is 1150 g/mol. The number of halogens is 4. The Kier molecular flexibility index (Phi) is 23.3. The summed E-state index contributed by atoms with van der Waals surface area (Å²) in [6.07, 6.45) is 9.20. The lowest BCUT2D eigenvalue weighted by Crippen LogP contribution is -3.15. The van der Waals surface area contributed by atoms with Gasteiger partial charge in [-0.1, -0.05) is 6.92 Å². The van der Waals surface area contributed by atoms with Crippen LogP contribution in [0.15, 0.2) is 36.4 Å². The minimum Gasteiger partial charge on any atom is -1.00 e. The highest BCUT2D eigenvalue weighted by Gasteiger charge is 2.31. The number of nitrogens with one attached hydrogen (secondary N) is 6. The van der Waals surface area contributed by atoms with Crippen molar-refractivity contribution in [2.75, 3.05) is 176 Å². The number of aromatic nitrogens is 6.